The molecule has 0 saturated heterocycles. The number of hydrogen-bond donors (Lipinski definition) is 2. The van der Waals surface area contributed by atoms with Crippen LogP contribution in [0.2, 0.25) is 5.02 Å². The summed E-state index contributed by atoms with van der Waals surface area (Å²) in [6.45, 7) is 2.85. The molecule has 0 radical (unpaired) electrons. The summed E-state index contributed by atoms with van der Waals surface area (Å²) in [5, 5.41) is 3.71. The second kappa shape index (κ2) is 7.98. The molecule has 5 heteroatoms. The third kappa shape index (κ3) is 5.03. The van der Waals surface area contributed by atoms with Gasteiger partial charge in [-0.25, -0.2) is 4.39 Å². The zero-order valence-electron chi connectivity index (χ0n) is 14.3. The van der Waals surface area contributed by atoms with Crippen LogP contribution < -0.4 is 10.2 Å². The van der Waals surface area contributed by atoms with Crippen LogP contribution >= 0.6 is 11.6 Å². The van der Waals surface area contributed by atoms with Gasteiger partial charge in [0.15, 0.2) is 6.54 Å². The molecule has 1 aliphatic rings. The molecule has 2 aromatic carbocycles. The van der Waals surface area contributed by atoms with E-state index in [2.05, 4.69) is 5.32 Å². The minimum absolute atomic E-state index is 0.0133. The van der Waals surface area contributed by atoms with Gasteiger partial charge in [0.25, 0.3) is 5.91 Å². The number of halogens is 2. The smallest absolute Gasteiger partial charge is 0.275 e. The van der Waals surface area contributed by atoms with Gasteiger partial charge in [-0.1, -0.05) is 41.9 Å². The van der Waals surface area contributed by atoms with Crippen LogP contribution in [-0.4, -0.2) is 18.5 Å². The van der Waals surface area contributed by atoms with E-state index >= 15 is 0 Å². The normalized spacial score (nSPS) is 16.3. The molecule has 0 aliphatic heterocycles. The fourth-order valence-electron chi connectivity index (χ4n) is 3.06. The summed E-state index contributed by atoms with van der Waals surface area (Å²) in [6, 6.07) is 14.6. The third-order valence-corrected chi connectivity index (χ3v) is 4.92. The van der Waals surface area contributed by atoms with Crippen molar-refractivity contribution in [2.24, 2.45) is 0 Å². The highest BCUT2D eigenvalue weighted by Gasteiger charge is 2.35. The van der Waals surface area contributed by atoms with E-state index in [1.807, 2.05) is 37.3 Å². The zero-order valence-corrected chi connectivity index (χ0v) is 15.0. The molecule has 0 bridgehead atoms. The fourth-order valence-corrected chi connectivity index (χ4v) is 3.19. The van der Waals surface area contributed by atoms with Crippen LogP contribution in [0.3, 0.4) is 0 Å². The van der Waals surface area contributed by atoms with Crippen LogP contribution in [0, 0.1) is 5.82 Å². The first-order valence-electron chi connectivity index (χ1n) is 8.65. The lowest BCUT2D eigenvalue weighted by molar-refractivity contribution is -0.917. The molecule has 1 saturated carbocycles. The largest absolute Gasteiger partial charge is 0.345 e. The van der Waals surface area contributed by atoms with Crippen LogP contribution in [-0.2, 0) is 11.3 Å². The summed E-state index contributed by atoms with van der Waals surface area (Å²) >= 11 is 5.90. The van der Waals surface area contributed by atoms with Gasteiger partial charge in [-0.15, -0.1) is 0 Å². The van der Waals surface area contributed by atoms with Crippen molar-refractivity contribution in [3.63, 3.8) is 0 Å². The zero-order chi connectivity index (χ0) is 17.8. The van der Waals surface area contributed by atoms with E-state index < -0.39 is 0 Å². The molecule has 2 atom stereocenters. The first kappa shape index (κ1) is 17.9. The van der Waals surface area contributed by atoms with Crippen molar-refractivity contribution in [3.05, 3.63) is 70.5 Å². The van der Waals surface area contributed by atoms with Crippen molar-refractivity contribution < 1.29 is 14.1 Å². The molecule has 25 heavy (non-hydrogen) atoms. The molecule has 0 heterocycles. The summed E-state index contributed by atoms with van der Waals surface area (Å²) in [6.07, 6.45) is 2.20. The van der Waals surface area contributed by atoms with Gasteiger partial charge in [0.05, 0.1) is 12.1 Å². The van der Waals surface area contributed by atoms with E-state index in [0.717, 1.165) is 23.3 Å². The minimum Gasteiger partial charge on any atom is -0.345 e. The average molecular weight is 362 g/mol. The lowest BCUT2D eigenvalue weighted by Crippen LogP contribution is -3.13. The Bertz CT molecular complexity index is 731. The second-order valence-corrected chi connectivity index (χ2v) is 7.15. The molecule has 132 valence electrons. The average Bonchev–Trinajstić information content (AvgIpc) is 3.41. The Morgan fingerprint density at radius 2 is 1.92 bits per heavy atom. The van der Waals surface area contributed by atoms with Crippen LogP contribution in [0.25, 0.3) is 0 Å². The summed E-state index contributed by atoms with van der Waals surface area (Å²) in [7, 11) is 0. The predicted octanol–water partition coefficient (Wildman–Crippen LogP) is 2.90. The second-order valence-electron chi connectivity index (χ2n) is 6.72. The number of quaternary nitrogens is 1. The summed E-state index contributed by atoms with van der Waals surface area (Å²) < 4.78 is 13.9. The van der Waals surface area contributed by atoms with Gasteiger partial charge < -0.3 is 10.2 Å². The van der Waals surface area contributed by atoms with Crippen LogP contribution in [0.1, 0.15) is 36.9 Å². The van der Waals surface area contributed by atoms with Crippen molar-refractivity contribution in [1.82, 2.24) is 5.32 Å². The minimum atomic E-state index is -0.199. The molecule has 3 rings (SSSR count). The number of nitrogens with one attached hydrogen (secondary N) is 2. The molecular weight excluding hydrogens is 339 g/mol. The van der Waals surface area contributed by atoms with Gasteiger partial charge in [-0.05, 0) is 30.7 Å². The van der Waals surface area contributed by atoms with Gasteiger partial charge >= 0.3 is 0 Å². The standard InChI is InChI=1S/C20H22ClFN2O/c1-14(15-6-8-17(21)9-7-15)23-20(25)13-24(18-10-11-18)12-16-4-2-3-5-19(16)22/h2-9,14,18H,10-13H2,1H3,(H,23,25)/p+1/t14-/m0/s1. The highest BCUT2D eigenvalue weighted by Crippen LogP contribution is 2.17. The Morgan fingerprint density at radius 1 is 1.24 bits per heavy atom. The first-order chi connectivity index (χ1) is 12.0. The van der Waals surface area contributed by atoms with Gasteiger partial charge in [-0.2, -0.15) is 0 Å². The summed E-state index contributed by atoms with van der Waals surface area (Å²) in [5.74, 6) is -0.212. The van der Waals surface area contributed by atoms with Crippen LogP contribution in [0.4, 0.5) is 4.39 Å². The topological polar surface area (TPSA) is 33.5 Å². The lowest BCUT2D eigenvalue weighted by Gasteiger charge is -2.21. The van der Waals surface area contributed by atoms with Gasteiger partial charge in [0.2, 0.25) is 0 Å². The first-order valence-corrected chi connectivity index (χ1v) is 9.03. The Labute approximate surface area is 152 Å². The van der Waals surface area contributed by atoms with Crippen molar-refractivity contribution in [2.75, 3.05) is 6.54 Å². The number of rotatable bonds is 7. The number of amides is 1. The molecule has 3 nitrogen and oxygen atoms in total. The molecule has 2 N–H and O–H groups in total. The van der Waals surface area contributed by atoms with Crippen LogP contribution in [0.15, 0.2) is 48.5 Å². The monoisotopic (exact) mass is 361 g/mol. The highest BCUT2D eigenvalue weighted by atomic mass is 35.5. The molecule has 2 aromatic rings. The number of hydrogen-bond acceptors (Lipinski definition) is 1. The lowest BCUT2D eigenvalue weighted by atomic mass is 10.1. The van der Waals surface area contributed by atoms with Crippen molar-refractivity contribution in [2.45, 2.75) is 38.4 Å². The number of benzene rings is 2. The van der Waals surface area contributed by atoms with E-state index in [1.165, 1.54) is 6.07 Å². The van der Waals surface area contributed by atoms with Gasteiger partial charge in [0, 0.05) is 23.4 Å². The van der Waals surface area contributed by atoms with E-state index in [1.54, 1.807) is 12.1 Å². The fraction of sp³-hybridized carbons (Fsp3) is 0.350. The van der Waals surface area contributed by atoms with Gasteiger partial charge in [-0.3, -0.25) is 4.79 Å². The summed E-state index contributed by atoms with van der Waals surface area (Å²) in [5.41, 5.74) is 1.68. The highest BCUT2D eigenvalue weighted by molar-refractivity contribution is 6.30. The van der Waals surface area contributed by atoms with Crippen LogP contribution in [0.5, 0.6) is 0 Å². The molecule has 1 unspecified atom stereocenters. The molecule has 1 aliphatic carbocycles. The molecule has 1 amide bonds. The third-order valence-electron chi connectivity index (χ3n) is 4.67. The Kier molecular flexibility index (Phi) is 5.71. The van der Waals surface area contributed by atoms with Crippen molar-refractivity contribution in [1.29, 1.82) is 0 Å². The number of carbonyl (C=O) groups is 1. The summed E-state index contributed by atoms with van der Waals surface area (Å²) in [4.78, 5) is 13.6. The maximum absolute atomic E-state index is 13.9. The van der Waals surface area contributed by atoms with E-state index in [0.29, 0.717) is 29.7 Å². The molecule has 0 spiro atoms. The Balaban J connectivity index is 1.59. The van der Waals surface area contributed by atoms with E-state index in [-0.39, 0.29) is 17.8 Å². The Morgan fingerprint density at radius 3 is 2.56 bits per heavy atom. The van der Waals surface area contributed by atoms with Crippen molar-refractivity contribution >= 4 is 17.5 Å². The maximum Gasteiger partial charge on any atom is 0.275 e. The Hall–Kier alpha value is -1.91. The van der Waals surface area contributed by atoms with E-state index in [4.69, 9.17) is 11.6 Å². The van der Waals surface area contributed by atoms with E-state index in [9.17, 15) is 9.18 Å². The molecular formula is C20H23ClFN2O+. The number of carbonyl (C=O) groups excluding carboxylic acids is 1. The maximum atomic E-state index is 13.9. The molecule has 1 fully saturated rings. The predicted molar refractivity (Wildman–Crippen MR) is 97.0 cm³/mol. The van der Waals surface area contributed by atoms with Gasteiger partial charge in [0.1, 0.15) is 12.4 Å². The SMILES string of the molecule is C[C@H](NC(=O)C[NH+](Cc1ccccc1F)C1CC1)c1ccc(Cl)cc1. The van der Waals surface area contributed by atoms with Crippen molar-refractivity contribution in [3.8, 4) is 0 Å². The molecule has 0 aromatic heterocycles. The quantitative estimate of drug-likeness (QED) is 0.781.